The van der Waals surface area contributed by atoms with Crippen LogP contribution in [-0.2, 0) is 11.8 Å². The van der Waals surface area contributed by atoms with Crippen LogP contribution in [0.5, 0.6) is 5.75 Å². The van der Waals surface area contributed by atoms with Crippen molar-refractivity contribution in [3.63, 3.8) is 0 Å². The van der Waals surface area contributed by atoms with Gasteiger partial charge in [0.2, 0.25) is 0 Å². The number of benzene rings is 1. The highest BCUT2D eigenvalue weighted by molar-refractivity contribution is 5.76. The number of hydrogen-bond donors (Lipinski definition) is 1. The van der Waals surface area contributed by atoms with Gasteiger partial charge in [-0.1, -0.05) is 11.2 Å². The molecule has 1 heterocycles. The number of rotatable bonds is 2. The molecule has 3 aliphatic carbocycles. The first kappa shape index (κ1) is 10.8. The molecule has 0 unspecified atom stereocenters. The lowest BCUT2D eigenvalue weighted by atomic mass is 9.79. The van der Waals surface area contributed by atoms with Gasteiger partial charge < -0.3 is 15.0 Å². The van der Waals surface area contributed by atoms with Gasteiger partial charge in [-0.25, -0.2) is 0 Å². The van der Waals surface area contributed by atoms with Gasteiger partial charge in [0, 0.05) is 16.5 Å². The number of hydrogen-bond acceptors (Lipinski definition) is 4. The topological polar surface area (TPSA) is 61.3 Å². The van der Waals surface area contributed by atoms with Crippen molar-refractivity contribution in [2.24, 2.45) is 0 Å². The third kappa shape index (κ3) is 1.39. The van der Waals surface area contributed by atoms with Crippen molar-refractivity contribution < 1.29 is 9.26 Å². The fourth-order valence-electron chi connectivity index (χ4n) is 3.36. The Morgan fingerprint density at radius 2 is 2.15 bits per heavy atom. The van der Waals surface area contributed by atoms with Gasteiger partial charge >= 0.3 is 0 Å². The summed E-state index contributed by atoms with van der Waals surface area (Å²) in [6, 6.07) is 6.42. The zero-order chi connectivity index (χ0) is 13.3. The first-order valence-electron chi connectivity index (χ1n) is 7.31. The minimum Gasteiger partial charge on any atom is -0.490 e. The molecule has 20 heavy (non-hydrogen) atoms. The molecule has 0 amide bonds. The molecule has 2 fully saturated rings. The Balaban J connectivity index is 1.68. The highest BCUT2D eigenvalue weighted by Crippen LogP contribution is 2.58. The van der Waals surface area contributed by atoms with Crippen LogP contribution in [0.15, 0.2) is 22.7 Å². The van der Waals surface area contributed by atoms with Crippen LogP contribution in [0.25, 0.3) is 11.3 Å². The number of nitrogens with two attached hydrogens (primary N) is 1. The predicted octanol–water partition coefficient (Wildman–Crippen LogP) is 3.05. The van der Waals surface area contributed by atoms with Crippen molar-refractivity contribution in [1.29, 1.82) is 0 Å². The molecule has 0 radical (unpaired) electrons. The van der Waals surface area contributed by atoms with E-state index in [0.717, 1.165) is 29.1 Å². The molecule has 2 saturated carbocycles. The van der Waals surface area contributed by atoms with E-state index in [1.807, 2.05) is 0 Å². The molecule has 102 valence electrons. The molecule has 1 aromatic carbocycles. The van der Waals surface area contributed by atoms with Crippen LogP contribution < -0.4 is 10.5 Å². The quantitative estimate of drug-likeness (QED) is 0.909. The molecular formula is C16H16N2O2. The van der Waals surface area contributed by atoms with Crippen LogP contribution in [0.4, 0.5) is 5.82 Å². The summed E-state index contributed by atoms with van der Waals surface area (Å²) in [5, 5.41) is 3.96. The van der Waals surface area contributed by atoms with Gasteiger partial charge in [-0.05, 0) is 49.8 Å². The van der Waals surface area contributed by atoms with Crippen molar-refractivity contribution >= 4 is 5.82 Å². The van der Waals surface area contributed by atoms with Gasteiger partial charge in [-0.15, -0.1) is 0 Å². The van der Waals surface area contributed by atoms with E-state index in [1.165, 1.54) is 31.2 Å². The number of ether oxygens (including phenoxy) is 1. The Hall–Kier alpha value is -1.97. The molecule has 0 atom stereocenters. The lowest BCUT2D eigenvalue weighted by Gasteiger charge is -2.24. The average molecular weight is 268 g/mol. The summed E-state index contributed by atoms with van der Waals surface area (Å²) in [7, 11) is 0. The molecule has 3 aliphatic rings. The molecule has 2 aromatic rings. The lowest BCUT2D eigenvalue weighted by molar-refractivity contribution is 0.303. The second-order valence-electron chi connectivity index (χ2n) is 6.36. The van der Waals surface area contributed by atoms with Crippen LogP contribution in [0.3, 0.4) is 0 Å². The van der Waals surface area contributed by atoms with Crippen LogP contribution >= 0.6 is 0 Å². The molecule has 4 heteroatoms. The molecule has 4 nitrogen and oxygen atoms in total. The molecule has 1 aromatic heterocycles. The summed E-state index contributed by atoms with van der Waals surface area (Å²) < 4.78 is 11.4. The third-order valence-electron chi connectivity index (χ3n) is 4.82. The Morgan fingerprint density at radius 3 is 2.90 bits per heavy atom. The summed E-state index contributed by atoms with van der Waals surface area (Å²) in [4.78, 5) is 0. The fourth-order valence-corrected chi connectivity index (χ4v) is 3.36. The van der Waals surface area contributed by atoms with Crippen LogP contribution in [0, 0.1) is 0 Å². The van der Waals surface area contributed by atoms with Gasteiger partial charge in [0.05, 0.1) is 6.10 Å². The standard InChI is InChI=1S/C16H16N2O2/c17-15-12-8-16(5-6-16)13-4-3-10(19-9-1-2-9)7-11(13)14(12)20-18-15/h3-4,7,9H,1-2,5-6,8H2,(H2,17,18). The number of nitrogens with zero attached hydrogens (tertiary/aromatic N) is 1. The Labute approximate surface area is 116 Å². The first-order valence-corrected chi connectivity index (χ1v) is 7.31. The number of fused-ring (bicyclic) bond motifs is 4. The molecule has 0 bridgehead atoms. The molecule has 0 saturated heterocycles. The second-order valence-corrected chi connectivity index (χ2v) is 6.36. The molecule has 0 aliphatic heterocycles. The Bertz CT molecular complexity index is 711. The minimum atomic E-state index is 0.278. The summed E-state index contributed by atoms with van der Waals surface area (Å²) in [6.45, 7) is 0. The van der Waals surface area contributed by atoms with Gasteiger partial charge in [0.25, 0.3) is 0 Å². The number of nitrogen functional groups attached to an aromatic ring is 1. The van der Waals surface area contributed by atoms with E-state index in [-0.39, 0.29) is 5.41 Å². The summed E-state index contributed by atoms with van der Waals surface area (Å²) >= 11 is 0. The largest absolute Gasteiger partial charge is 0.490 e. The van der Waals surface area contributed by atoms with Crippen LogP contribution in [-0.4, -0.2) is 11.3 Å². The normalized spacial score (nSPS) is 21.4. The van der Waals surface area contributed by atoms with E-state index in [4.69, 9.17) is 15.0 Å². The minimum absolute atomic E-state index is 0.278. The van der Waals surface area contributed by atoms with Crippen molar-refractivity contribution in [3.8, 4) is 17.1 Å². The number of aromatic nitrogens is 1. The maximum atomic E-state index is 5.96. The van der Waals surface area contributed by atoms with E-state index in [2.05, 4.69) is 23.4 Å². The van der Waals surface area contributed by atoms with Gasteiger partial charge in [-0.2, -0.15) is 0 Å². The Morgan fingerprint density at radius 1 is 1.30 bits per heavy atom. The van der Waals surface area contributed by atoms with Crippen molar-refractivity contribution in [3.05, 3.63) is 29.3 Å². The zero-order valence-electron chi connectivity index (χ0n) is 11.2. The zero-order valence-corrected chi connectivity index (χ0v) is 11.2. The second kappa shape index (κ2) is 3.37. The number of anilines is 1. The maximum Gasteiger partial charge on any atom is 0.172 e. The van der Waals surface area contributed by atoms with E-state index < -0.39 is 0 Å². The van der Waals surface area contributed by atoms with Crippen molar-refractivity contribution in [2.75, 3.05) is 5.73 Å². The van der Waals surface area contributed by atoms with Gasteiger partial charge in [0.1, 0.15) is 5.75 Å². The highest BCUT2D eigenvalue weighted by Gasteiger charge is 2.50. The van der Waals surface area contributed by atoms with Crippen molar-refractivity contribution in [1.82, 2.24) is 5.16 Å². The summed E-state index contributed by atoms with van der Waals surface area (Å²) in [6.07, 6.45) is 6.17. The fraction of sp³-hybridized carbons (Fsp3) is 0.438. The summed E-state index contributed by atoms with van der Waals surface area (Å²) in [5.74, 6) is 2.33. The molecule has 2 N–H and O–H groups in total. The first-order chi connectivity index (χ1) is 9.75. The predicted molar refractivity (Wildman–Crippen MR) is 74.6 cm³/mol. The third-order valence-corrected chi connectivity index (χ3v) is 4.82. The summed E-state index contributed by atoms with van der Waals surface area (Å²) in [5.41, 5.74) is 9.83. The van der Waals surface area contributed by atoms with E-state index in [0.29, 0.717) is 11.9 Å². The lowest BCUT2D eigenvalue weighted by Crippen LogP contribution is -2.17. The van der Waals surface area contributed by atoms with Crippen LogP contribution in [0.2, 0.25) is 0 Å². The smallest absolute Gasteiger partial charge is 0.172 e. The highest BCUT2D eigenvalue weighted by atomic mass is 16.5. The van der Waals surface area contributed by atoms with Gasteiger partial charge in [-0.3, -0.25) is 0 Å². The van der Waals surface area contributed by atoms with Crippen molar-refractivity contribution in [2.45, 2.75) is 43.6 Å². The molecule has 1 spiro atoms. The SMILES string of the molecule is Nc1noc2c1CC1(CC1)c1ccc(OC3CC3)cc1-2. The average Bonchev–Trinajstić information content (AvgIpc) is 3.35. The van der Waals surface area contributed by atoms with E-state index in [9.17, 15) is 0 Å². The monoisotopic (exact) mass is 268 g/mol. The van der Waals surface area contributed by atoms with Crippen LogP contribution in [0.1, 0.15) is 36.8 Å². The van der Waals surface area contributed by atoms with E-state index in [1.54, 1.807) is 0 Å². The molecular weight excluding hydrogens is 252 g/mol. The van der Waals surface area contributed by atoms with E-state index >= 15 is 0 Å². The Kier molecular flexibility index (Phi) is 1.82. The maximum absolute atomic E-state index is 5.96. The van der Waals surface area contributed by atoms with Gasteiger partial charge in [0.15, 0.2) is 11.6 Å². The molecule has 5 rings (SSSR count).